The molecule has 0 aromatic heterocycles. The largest absolute Gasteiger partial charge is 0.335 e. The zero-order chi connectivity index (χ0) is 26.6. The molecule has 5 heteroatoms. The van der Waals surface area contributed by atoms with Gasteiger partial charge in [0.15, 0.2) is 0 Å². The summed E-state index contributed by atoms with van der Waals surface area (Å²) in [5.74, 6) is 0.814. The summed E-state index contributed by atoms with van der Waals surface area (Å²) in [4.78, 5) is 23.2. The zero-order valence-electron chi connectivity index (χ0n) is 22.8. The molecule has 1 N–H and O–H groups in total. The Kier molecular flexibility index (Phi) is 7.64. The molecule has 3 aromatic carbocycles. The highest BCUT2D eigenvalue weighted by atomic mass is 16.2. The minimum Gasteiger partial charge on any atom is -0.335 e. The van der Waals surface area contributed by atoms with Crippen molar-refractivity contribution in [3.63, 3.8) is 0 Å². The van der Waals surface area contributed by atoms with Crippen LogP contribution in [-0.4, -0.2) is 28.9 Å². The molecule has 1 heterocycles. The van der Waals surface area contributed by atoms with Crippen molar-refractivity contribution in [2.75, 3.05) is 4.90 Å². The van der Waals surface area contributed by atoms with Crippen LogP contribution in [-0.2, 0) is 6.54 Å². The molecule has 0 bridgehead atoms. The van der Waals surface area contributed by atoms with Crippen molar-refractivity contribution in [1.82, 2.24) is 10.2 Å². The van der Waals surface area contributed by atoms with Crippen LogP contribution in [0.5, 0.6) is 0 Å². The number of benzene rings is 3. The average molecular weight is 507 g/mol. The number of carbonyl (C=O) groups excluding carboxylic acids is 1. The van der Waals surface area contributed by atoms with Gasteiger partial charge in [0.05, 0.1) is 11.7 Å². The first-order valence-electron chi connectivity index (χ1n) is 13.8. The van der Waals surface area contributed by atoms with Crippen LogP contribution in [0, 0.1) is 13.8 Å². The van der Waals surface area contributed by atoms with Crippen molar-refractivity contribution >= 4 is 28.9 Å². The van der Waals surface area contributed by atoms with Crippen molar-refractivity contribution in [2.45, 2.75) is 71.5 Å². The van der Waals surface area contributed by atoms with E-state index in [9.17, 15) is 4.79 Å². The molecule has 5 nitrogen and oxygen atoms in total. The van der Waals surface area contributed by atoms with E-state index in [4.69, 9.17) is 4.99 Å². The van der Waals surface area contributed by atoms with E-state index in [0.29, 0.717) is 6.54 Å². The molecule has 1 unspecified atom stereocenters. The summed E-state index contributed by atoms with van der Waals surface area (Å²) in [6.07, 6.45) is 5.64. The van der Waals surface area contributed by atoms with Gasteiger partial charge < -0.3 is 10.2 Å². The third-order valence-electron chi connectivity index (χ3n) is 7.92. The standard InChI is InChI=1S/C33H38N4O/c1-23-19-20-29(21-24(23)2)37(33(38)34-28-15-9-6-10-16-28)26(4)32-35-31-18-12-11-17-30(31)25(3)36(32)22-27-13-7-5-8-14-27/h5,7-8,11-14,17-21,26,28H,3,6,9-10,15-16,22H2,1-2,4H3,(H,34,38). The number of fused-ring (bicyclic) bond motifs is 1. The quantitative estimate of drug-likeness (QED) is 0.371. The van der Waals surface area contributed by atoms with E-state index in [2.05, 4.69) is 80.0 Å². The second kappa shape index (κ2) is 11.3. The number of aryl methyl sites for hydroxylation is 2. The van der Waals surface area contributed by atoms with Gasteiger partial charge in [0, 0.05) is 29.5 Å². The van der Waals surface area contributed by atoms with E-state index in [-0.39, 0.29) is 18.1 Å². The lowest BCUT2D eigenvalue weighted by Gasteiger charge is -2.39. The van der Waals surface area contributed by atoms with Gasteiger partial charge >= 0.3 is 6.03 Å². The van der Waals surface area contributed by atoms with Gasteiger partial charge in [-0.15, -0.1) is 0 Å². The third kappa shape index (κ3) is 5.38. The van der Waals surface area contributed by atoms with Crippen LogP contribution in [0.4, 0.5) is 16.2 Å². The molecule has 1 saturated carbocycles. The molecule has 1 aliphatic carbocycles. The maximum absolute atomic E-state index is 14.0. The van der Waals surface area contributed by atoms with Crippen LogP contribution in [0.15, 0.2) is 84.4 Å². The maximum atomic E-state index is 14.0. The third-order valence-corrected chi connectivity index (χ3v) is 7.92. The predicted octanol–water partition coefficient (Wildman–Crippen LogP) is 7.76. The van der Waals surface area contributed by atoms with Gasteiger partial charge in [-0.05, 0) is 68.5 Å². The van der Waals surface area contributed by atoms with Crippen LogP contribution in [0.25, 0.3) is 5.70 Å². The van der Waals surface area contributed by atoms with Gasteiger partial charge in [-0.25, -0.2) is 9.79 Å². The second-order valence-corrected chi connectivity index (χ2v) is 10.6. The number of nitrogens with zero attached hydrogens (tertiary/aromatic N) is 3. The Bertz CT molecular complexity index is 1340. The summed E-state index contributed by atoms with van der Waals surface area (Å²) in [6.45, 7) is 11.4. The van der Waals surface area contributed by atoms with Gasteiger partial charge in [-0.1, -0.05) is 80.4 Å². The van der Waals surface area contributed by atoms with Crippen LogP contribution in [0.2, 0.25) is 0 Å². The molecule has 5 rings (SSSR count). The van der Waals surface area contributed by atoms with Crippen molar-refractivity contribution in [3.05, 3.63) is 102 Å². The number of aliphatic imine (C=N–C) groups is 1. The van der Waals surface area contributed by atoms with Gasteiger partial charge in [0.25, 0.3) is 0 Å². The molecule has 1 fully saturated rings. The Hall–Kier alpha value is -3.86. The molecule has 3 aromatic rings. The van der Waals surface area contributed by atoms with Crippen LogP contribution in [0.1, 0.15) is 61.3 Å². The van der Waals surface area contributed by atoms with E-state index in [1.54, 1.807) is 0 Å². The number of urea groups is 1. The first-order chi connectivity index (χ1) is 18.4. The first-order valence-corrected chi connectivity index (χ1v) is 13.8. The smallest absolute Gasteiger partial charge is 0.322 e. The summed E-state index contributed by atoms with van der Waals surface area (Å²) in [5, 5.41) is 3.36. The zero-order valence-corrected chi connectivity index (χ0v) is 22.8. The van der Waals surface area contributed by atoms with E-state index >= 15 is 0 Å². The molecular formula is C33H38N4O. The van der Waals surface area contributed by atoms with Crippen LogP contribution >= 0.6 is 0 Å². The Balaban J connectivity index is 1.56. The van der Waals surface area contributed by atoms with Gasteiger partial charge in [-0.3, -0.25) is 4.90 Å². The van der Waals surface area contributed by atoms with E-state index in [1.165, 1.54) is 12.0 Å². The number of amidine groups is 1. The van der Waals surface area contributed by atoms with Crippen molar-refractivity contribution in [2.24, 2.45) is 4.99 Å². The Morgan fingerprint density at radius 1 is 1.00 bits per heavy atom. The Labute approximate surface area is 226 Å². The minimum atomic E-state index is -0.325. The van der Waals surface area contributed by atoms with Crippen molar-refractivity contribution < 1.29 is 4.79 Å². The van der Waals surface area contributed by atoms with Gasteiger partial charge in [-0.2, -0.15) is 0 Å². The highest BCUT2D eigenvalue weighted by molar-refractivity contribution is 6.07. The normalized spacial score (nSPS) is 16.4. The number of carbonyl (C=O) groups is 1. The Morgan fingerprint density at radius 2 is 1.71 bits per heavy atom. The molecular weight excluding hydrogens is 468 g/mol. The van der Waals surface area contributed by atoms with Crippen molar-refractivity contribution in [1.29, 1.82) is 0 Å². The number of hydrogen-bond donors (Lipinski definition) is 1. The Morgan fingerprint density at radius 3 is 2.45 bits per heavy atom. The minimum absolute atomic E-state index is 0.0699. The molecule has 1 aliphatic heterocycles. The molecule has 196 valence electrons. The molecule has 38 heavy (non-hydrogen) atoms. The molecule has 2 aliphatic rings. The molecule has 2 amide bonds. The number of hydrogen-bond acceptors (Lipinski definition) is 3. The number of anilines is 1. The van der Waals surface area contributed by atoms with E-state index < -0.39 is 0 Å². The fourth-order valence-corrected chi connectivity index (χ4v) is 5.54. The molecule has 1 atom stereocenters. The first kappa shape index (κ1) is 25.8. The topological polar surface area (TPSA) is 47.9 Å². The summed E-state index contributed by atoms with van der Waals surface area (Å²) >= 11 is 0. The SMILES string of the molecule is C=C1c2ccccc2N=C(C(C)N(C(=O)NC2CCCCC2)c2ccc(C)c(C)c2)N1Cc1ccccc1. The van der Waals surface area contributed by atoms with Gasteiger partial charge in [0.1, 0.15) is 5.84 Å². The predicted molar refractivity (Wildman–Crippen MR) is 158 cm³/mol. The summed E-state index contributed by atoms with van der Waals surface area (Å²) in [6, 6.07) is 24.5. The molecule has 0 saturated heterocycles. The highest BCUT2D eigenvalue weighted by Crippen LogP contribution is 2.36. The maximum Gasteiger partial charge on any atom is 0.322 e. The summed E-state index contributed by atoms with van der Waals surface area (Å²) in [7, 11) is 0. The lowest BCUT2D eigenvalue weighted by atomic mass is 9.95. The van der Waals surface area contributed by atoms with E-state index in [1.807, 2.05) is 35.2 Å². The van der Waals surface area contributed by atoms with Gasteiger partial charge in [0.2, 0.25) is 0 Å². The lowest BCUT2D eigenvalue weighted by molar-refractivity contribution is 0.237. The van der Waals surface area contributed by atoms with Crippen LogP contribution in [0.3, 0.4) is 0 Å². The number of nitrogens with one attached hydrogen (secondary N) is 1. The van der Waals surface area contributed by atoms with Crippen LogP contribution < -0.4 is 10.2 Å². The fraction of sp³-hybridized carbons (Fsp3) is 0.333. The van der Waals surface area contributed by atoms with Crippen molar-refractivity contribution in [3.8, 4) is 0 Å². The lowest BCUT2D eigenvalue weighted by Crippen LogP contribution is -2.54. The number of para-hydroxylation sites is 1. The number of rotatable bonds is 6. The van der Waals surface area contributed by atoms with E-state index in [0.717, 1.165) is 65.3 Å². The summed E-state index contributed by atoms with van der Waals surface area (Å²) < 4.78 is 0. The monoisotopic (exact) mass is 506 g/mol. The molecule has 0 radical (unpaired) electrons. The summed E-state index contributed by atoms with van der Waals surface area (Å²) in [5.41, 5.74) is 7.20. The second-order valence-electron chi connectivity index (χ2n) is 10.6. The average Bonchev–Trinajstić information content (AvgIpc) is 2.93. The molecule has 0 spiro atoms. The highest BCUT2D eigenvalue weighted by Gasteiger charge is 2.34. The fourth-order valence-electron chi connectivity index (χ4n) is 5.54. The number of amides is 2.